The zero-order valence-electron chi connectivity index (χ0n) is 12.7. The Kier molecular flexibility index (Phi) is 3.58. The average molecular weight is 299 g/mol. The van der Waals surface area contributed by atoms with Gasteiger partial charge >= 0.3 is 0 Å². The smallest absolute Gasteiger partial charge is 0.251 e. The fourth-order valence-electron chi connectivity index (χ4n) is 2.37. The molecule has 3 aromatic rings. The van der Waals surface area contributed by atoms with E-state index in [1.54, 1.807) is 23.1 Å². The molecule has 114 valence electrons. The molecule has 0 aliphatic carbocycles. The summed E-state index contributed by atoms with van der Waals surface area (Å²) in [7, 11) is 1.81. The number of fused-ring (bicyclic) bond motifs is 1. The Labute approximate surface area is 127 Å². The van der Waals surface area contributed by atoms with Gasteiger partial charge in [-0.2, -0.15) is 0 Å². The fraction of sp³-hybridized carbons (Fsp3) is 0.357. The lowest BCUT2D eigenvalue weighted by atomic mass is 10.1. The molecule has 1 N–H and O–H groups in total. The van der Waals surface area contributed by atoms with Gasteiger partial charge in [0, 0.05) is 19.2 Å². The van der Waals surface area contributed by atoms with Gasteiger partial charge in [-0.25, -0.2) is 4.68 Å². The van der Waals surface area contributed by atoms with Gasteiger partial charge in [0.2, 0.25) is 0 Å². The molecule has 1 atom stereocenters. The summed E-state index contributed by atoms with van der Waals surface area (Å²) in [4.78, 5) is 12.4. The number of aryl methyl sites for hydroxylation is 2. The van der Waals surface area contributed by atoms with Crippen LogP contribution >= 0.6 is 0 Å². The van der Waals surface area contributed by atoms with Crippen LogP contribution in [-0.2, 0) is 13.6 Å². The van der Waals surface area contributed by atoms with Crippen LogP contribution in [0.4, 0.5) is 0 Å². The predicted molar refractivity (Wildman–Crippen MR) is 80.1 cm³/mol. The van der Waals surface area contributed by atoms with Gasteiger partial charge in [0.25, 0.3) is 5.91 Å². The summed E-state index contributed by atoms with van der Waals surface area (Å²) in [5, 5.41) is 18.8. The highest BCUT2D eigenvalue weighted by Crippen LogP contribution is 2.14. The number of carbonyl (C=O) groups is 1. The largest absolute Gasteiger partial charge is 0.342 e. The van der Waals surface area contributed by atoms with E-state index in [1.807, 2.05) is 31.5 Å². The second-order valence-electron chi connectivity index (χ2n) is 5.09. The second-order valence-corrected chi connectivity index (χ2v) is 5.09. The minimum absolute atomic E-state index is 0.175. The van der Waals surface area contributed by atoms with Gasteiger partial charge in [-0.1, -0.05) is 5.21 Å². The van der Waals surface area contributed by atoms with E-state index in [9.17, 15) is 4.79 Å². The van der Waals surface area contributed by atoms with E-state index in [0.717, 1.165) is 17.9 Å². The molecule has 0 spiro atoms. The van der Waals surface area contributed by atoms with Crippen LogP contribution in [0.1, 0.15) is 36.1 Å². The maximum Gasteiger partial charge on any atom is 0.251 e. The third-order valence-corrected chi connectivity index (χ3v) is 3.59. The molecule has 0 fully saturated rings. The van der Waals surface area contributed by atoms with Gasteiger partial charge in [-0.3, -0.25) is 4.79 Å². The summed E-state index contributed by atoms with van der Waals surface area (Å²) in [6, 6.07) is 5.10. The van der Waals surface area contributed by atoms with Crippen LogP contribution in [0.5, 0.6) is 0 Å². The minimum atomic E-state index is -0.229. The molecular formula is C14H17N7O. The normalized spacial score (nSPS) is 12.5. The predicted octanol–water partition coefficient (Wildman–Crippen LogP) is 1.07. The Balaban J connectivity index is 1.80. The third kappa shape index (κ3) is 2.43. The Morgan fingerprint density at radius 2 is 2.18 bits per heavy atom. The number of rotatable bonds is 4. The molecule has 0 radical (unpaired) electrons. The topological polar surface area (TPSA) is 90.5 Å². The second kappa shape index (κ2) is 5.55. The molecular weight excluding hydrogens is 282 g/mol. The molecule has 8 heteroatoms. The fourth-order valence-corrected chi connectivity index (χ4v) is 2.37. The Bertz CT molecular complexity index is 820. The Morgan fingerprint density at radius 1 is 1.36 bits per heavy atom. The van der Waals surface area contributed by atoms with E-state index in [2.05, 4.69) is 25.8 Å². The van der Waals surface area contributed by atoms with Crippen molar-refractivity contribution in [2.45, 2.75) is 26.4 Å². The van der Waals surface area contributed by atoms with Crippen LogP contribution in [0.25, 0.3) is 11.0 Å². The number of carbonyl (C=O) groups excluding carboxylic acids is 1. The summed E-state index contributed by atoms with van der Waals surface area (Å²) < 4.78 is 3.57. The first kappa shape index (κ1) is 14.2. The standard InChI is InChI=1S/C14H17N7O/c1-4-21-8-15-18-13(21)9(2)16-14(22)10-5-6-12-11(7-10)17-19-20(12)3/h5-9H,4H2,1-3H3,(H,16,22)/t9-/m0/s1. The lowest BCUT2D eigenvalue weighted by molar-refractivity contribution is 0.0937. The molecule has 2 aromatic heterocycles. The van der Waals surface area contributed by atoms with Crippen LogP contribution in [0, 0.1) is 0 Å². The molecule has 1 amide bonds. The van der Waals surface area contributed by atoms with Crippen molar-refractivity contribution in [1.29, 1.82) is 0 Å². The SMILES string of the molecule is CCn1cnnc1[C@H](C)NC(=O)c1ccc2c(c1)nnn2C. The van der Waals surface area contributed by atoms with E-state index in [-0.39, 0.29) is 11.9 Å². The maximum absolute atomic E-state index is 12.4. The van der Waals surface area contributed by atoms with Crippen molar-refractivity contribution in [3.8, 4) is 0 Å². The van der Waals surface area contributed by atoms with E-state index >= 15 is 0 Å². The summed E-state index contributed by atoms with van der Waals surface area (Å²) in [5.74, 6) is 0.558. The monoisotopic (exact) mass is 299 g/mol. The lowest BCUT2D eigenvalue weighted by Gasteiger charge is -2.14. The first-order valence-corrected chi connectivity index (χ1v) is 7.08. The van der Waals surface area contributed by atoms with Crippen molar-refractivity contribution < 1.29 is 4.79 Å². The quantitative estimate of drug-likeness (QED) is 0.778. The van der Waals surface area contributed by atoms with Crippen molar-refractivity contribution in [2.24, 2.45) is 7.05 Å². The number of nitrogens with one attached hydrogen (secondary N) is 1. The molecule has 2 heterocycles. The maximum atomic E-state index is 12.4. The van der Waals surface area contributed by atoms with Crippen LogP contribution in [0.15, 0.2) is 24.5 Å². The number of hydrogen-bond donors (Lipinski definition) is 1. The molecule has 0 saturated carbocycles. The molecule has 0 unspecified atom stereocenters. The molecule has 3 rings (SSSR count). The minimum Gasteiger partial charge on any atom is -0.342 e. The lowest BCUT2D eigenvalue weighted by Crippen LogP contribution is -2.28. The average Bonchev–Trinajstić information content (AvgIpc) is 3.13. The summed E-state index contributed by atoms with van der Waals surface area (Å²) in [5.41, 5.74) is 2.12. The first-order chi connectivity index (χ1) is 10.6. The summed E-state index contributed by atoms with van der Waals surface area (Å²) >= 11 is 0. The van der Waals surface area contributed by atoms with Crippen LogP contribution in [-0.4, -0.2) is 35.7 Å². The van der Waals surface area contributed by atoms with E-state index in [1.165, 1.54) is 0 Å². The zero-order valence-corrected chi connectivity index (χ0v) is 12.7. The van der Waals surface area contributed by atoms with Gasteiger partial charge < -0.3 is 9.88 Å². The number of aromatic nitrogens is 6. The highest BCUT2D eigenvalue weighted by Gasteiger charge is 2.17. The molecule has 0 aliphatic rings. The van der Waals surface area contributed by atoms with Gasteiger partial charge in [-0.15, -0.1) is 15.3 Å². The van der Waals surface area contributed by atoms with Gasteiger partial charge in [-0.05, 0) is 32.0 Å². The first-order valence-electron chi connectivity index (χ1n) is 7.08. The molecule has 22 heavy (non-hydrogen) atoms. The molecule has 0 saturated heterocycles. The van der Waals surface area contributed by atoms with Gasteiger partial charge in [0.15, 0.2) is 5.82 Å². The van der Waals surface area contributed by atoms with Gasteiger partial charge in [0.1, 0.15) is 11.8 Å². The van der Waals surface area contributed by atoms with Crippen molar-refractivity contribution >= 4 is 16.9 Å². The van der Waals surface area contributed by atoms with Crippen LogP contribution in [0.2, 0.25) is 0 Å². The van der Waals surface area contributed by atoms with E-state index < -0.39 is 0 Å². The molecule has 0 aliphatic heterocycles. The molecule has 8 nitrogen and oxygen atoms in total. The van der Waals surface area contributed by atoms with Crippen molar-refractivity contribution in [3.63, 3.8) is 0 Å². The van der Waals surface area contributed by atoms with Crippen molar-refractivity contribution in [3.05, 3.63) is 35.9 Å². The Hall–Kier alpha value is -2.77. The number of hydrogen-bond acceptors (Lipinski definition) is 5. The van der Waals surface area contributed by atoms with E-state index in [4.69, 9.17) is 0 Å². The van der Waals surface area contributed by atoms with E-state index in [0.29, 0.717) is 11.1 Å². The number of nitrogens with zero attached hydrogens (tertiary/aromatic N) is 6. The zero-order chi connectivity index (χ0) is 15.7. The van der Waals surface area contributed by atoms with Crippen LogP contribution < -0.4 is 5.32 Å². The van der Waals surface area contributed by atoms with Gasteiger partial charge in [0.05, 0.1) is 11.6 Å². The third-order valence-electron chi connectivity index (χ3n) is 3.59. The molecule has 0 bridgehead atoms. The van der Waals surface area contributed by atoms with Crippen LogP contribution in [0.3, 0.4) is 0 Å². The number of benzene rings is 1. The highest BCUT2D eigenvalue weighted by molar-refractivity contribution is 5.97. The Morgan fingerprint density at radius 3 is 2.95 bits per heavy atom. The van der Waals surface area contributed by atoms with Crippen molar-refractivity contribution in [1.82, 2.24) is 35.1 Å². The summed E-state index contributed by atoms with van der Waals surface area (Å²) in [6.07, 6.45) is 1.66. The number of amides is 1. The highest BCUT2D eigenvalue weighted by atomic mass is 16.1. The molecule has 1 aromatic carbocycles. The van der Waals surface area contributed by atoms with Crippen molar-refractivity contribution in [2.75, 3.05) is 0 Å². The summed E-state index contributed by atoms with van der Waals surface area (Å²) in [6.45, 7) is 4.65.